The molecule has 0 unspecified atom stereocenters. The molecule has 3 nitrogen and oxygen atoms in total. The minimum atomic E-state index is 0.444. The van der Waals surface area contributed by atoms with Gasteiger partial charge in [-0.3, -0.25) is 0 Å². The van der Waals surface area contributed by atoms with Crippen molar-refractivity contribution in [2.75, 3.05) is 6.61 Å². The molecule has 0 atom stereocenters. The normalized spacial score (nSPS) is 11.4. The Labute approximate surface area is 170 Å². The first-order valence-corrected chi connectivity index (χ1v) is 10.7. The fourth-order valence-corrected chi connectivity index (χ4v) is 4.27. The third-order valence-corrected chi connectivity index (χ3v) is 5.89. The summed E-state index contributed by atoms with van der Waals surface area (Å²) in [6.45, 7) is 7.94. The van der Waals surface area contributed by atoms with Gasteiger partial charge in [-0.25, -0.2) is 4.98 Å². The van der Waals surface area contributed by atoms with Crippen LogP contribution in [0.3, 0.4) is 0 Å². The minimum absolute atomic E-state index is 0.444. The van der Waals surface area contributed by atoms with E-state index >= 15 is 0 Å². The first-order valence-electron chi connectivity index (χ1n) is 9.81. The molecule has 0 aliphatic heterocycles. The average molecular weight is 391 g/mol. The van der Waals surface area contributed by atoms with Gasteiger partial charge < -0.3 is 9.30 Å². The van der Waals surface area contributed by atoms with Crippen LogP contribution in [0.15, 0.2) is 60.0 Å². The number of thiophene rings is 1. The number of hydrogen-bond acceptors (Lipinski definition) is 3. The number of ether oxygens (including phenoxy) is 1. The van der Waals surface area contributed by atoms with Gasteiger partial charge in [0.15, 0.2) is 0 Å². The molecule has 0 bridgehead atoms. The van der Waals surface area contributed by atoms with Gasteiger partial charge in [0.05, 0.1) is 17.6 Å². The average Bonchev–Trinajstić information content (AvgIpc) is 3.30. The summed E-state index contributed by atoms with van der Waals surface area (Å²) in [7, 11) is 0. The highest BCUT2D eigenvalue weighted by molar-refractivity contribution is 7.09. The zero-order valence-electron chi connectivity index (χ0n) is 16.7. The van der Waals surface area contributed by atoms with Crippen molar-refractivity contribution in [3.8, 4) is 5.75 Å². The Balaban J connectivity index is 1.57. The molecule has 0 amide bonds. The predicted octanol–water partition coefficient (Wildman–Crippen LogP) is 6.20. The third kappa shape index (κ3) is 3.97. The van der Waals surface area contributed by atoms with Crippen molar-refractivity contribution in [2.24, 2.45) is 0 Å². The van der Waals surface area contributed by atoms with Crippen LogP contribution in [0.4, 0.5) is 0 Å². The molecule has 0 saturated carbocycles. The summed E-state index contributed by atoms with van der Waals surface area (Å²) in [6.07, 6.45) is 0.855. The molecule has 0 aliphatic rings. The van der Waals surface area contributed by atoms with E-state index in [1.54, 1.807) is 11.3 Å². The number of fused-ring (bicyclic) bond motifs is 1. The third-order valence-electron chi connectivity index (χ3n) is 5.01. The largest absolute Gasteiger partial charge is 0.491 e. The molecule has 144 valence electrons. The molecule has 0 fully saturated rings. The Hall–Kier alpha value is -2.59. The molecule has 0 N–H and O–H groups in total. The Morgan fingerprint density at radius 3 is 2.71 bits per heavy atom. The smallest absolute Gasteiger partial charge is 0.123 e. The first kappa shape index (κ1) is 18.8. The highest BCUT2D eigenvalue weighted by Crippen LogP contribution is 2.28. The van der Waals surface area contributed by atoms with Crippen LogP contribution in [-0.2, 0) is 13.0 Å². The number of para-hydroxylation sites is 2. The fraction of sp³-hybridized carbons (Fsp3) is 0.292. The monoisotopic (exact) mass is 390 g/mol. The van der Waals surface area contributed by atoms with Crippen molar-refractivity contribution in [3.63, 3.8) is 0 Å². The second kappa shape index (κ2) is 8.19. The lowest BCUT2D eigenvalue weighted by Gasteiger charge is -2.16. The summed E-state index contributed by atoms with van der Waals surface area (Å²) in [5.74, 6) is 2.54. The van der Waals surface area contributed by atoms with Gasteiger partial charge in [-0.15, -0.1) is 11.3 Å². The Bertz CT molecular complexity index is 1060. The number of benzene rings is 2. The molecule has 4 rings (SSSR count). The van der Waals surface area contributed by atoms with Gasteiger partial charge in [0.1, 0.15) is 18.2 Å². The molecule has 2 heterocycles. The van der Waals surface area contributed by atoms with E-state index in [0.29, 0.717) is 12.5 Å². The summed E-state index contributed by atoms with van der Waals surface area (Å²) in [5.41, 5.74) is 4.71. The van der Waals surface area contributed by atoms with Gasteiger partial charge >= 0.3 is 0 Å². The molecule has 0 saturated heterocycles. The number of aromatic nitrogens is 2. The van der Waals surface area contributed by atoms with Gasteiger partial charge in [-0.1, -0.05) is 44.2 Å². The van der Waals surface area contributed by atoms with Crippen LogP contribution in [-0.4, -0.2) is 16.2 Å². The Kier molecular flexibility index (Phi) is 5.49. The lowest BCUT2D eigenvalue weighted by Crippen LogP contribution is -2.12. The topological polar surface area (TPSA) is 27.1 Å². The van der Waals surface area contributed by atoms with Crippen LogP contribution in [0, 0.1) is 6.92 Å². The maximum atomic E-state index is 6.25. The quantitative estimate of drug-likeness (QED) is 0.376. The molecule has 2 aromatic carbocycles. The molecular formula is C24H26N2OS. The van der Waals surface area contributed by atoms with Crippen molar-refractivity contribution in [1.29, 1.82) is 0 Å². The van der Waals surface area contributed by atoms with E-state index in [2.05, 4.69) is 79.2 Å². The van der Waals surface area contributed by atoms with Crippen molar-refractivity contribution in [3.05, 3.63) is 81.8 Å². The first-order chi connectivity index (χ1) is 13.6. The van der Waals surface area contributed by atoms with Gasteiger partial charge in [0, 0.05) is 11.3 Å². The maximum absolute atomic E-state index is 6.25. The van der Waals surface area contributed by atoms with Gasteiger partial charge in [0.25, 0.3) is 0 Å². The van der Waals surface area contributed by atoms with Crippen LogP contribution in [0.1, 0.15) is 41.6 Å². The molecule has 28 heavy (non-hydrogen) atoms. The van der Waals surface area contributed by atoms with Crippen LogP contribution >= 0.6 is 11.3 Å². The number of aryl methyl sites for hydroxylation is 1. The van der Waals surface area contributed by atoms with Crippen molar-refractivity contribution in [1.82, 2.24) is 9.55 Å². The second-order valence-corrected chi connectivity index (χ2v) is 8.50. The summed E-state index contributed by atoms with van der Waals surface area (Å²) in [6, 6.07) is 19.1. The van der Waals surface area contributed by atoms with Gasteiger partial charge in [-0.05, 0) is 53.6 Å². The van der Waals surface area contributed by atoms with Crippen molar-refractivity contribution in [2.45, 2.75) is 39.7 Å². The van der Waals surface area contributed by atoms with Gasteiger partial charge in [0.2, 0.25) is 0 Å². The molecule has 0 aliphatic carbocycles. The number of hydrogen-bond donors (Lipinski definition) is 0. The molecule has 4 aromatic rings. The predicted molar refractivity (Wildman–Crippen MR) is 118 cm³/mol. The lowest BCUT2D eigenvalue weighted by atomic mass is 10.0. The molecule has 2 aromatic heterocycles. The Morgan fingerprint density at radius 1 is 1.07 bits per heavy atom. The minimum Gasteiger partial charge on any atom is -0.491 e. The Morgan fingerprint density at radius 2 is 1.93 bits per heavy atom. The highest BCUT2D eigenvalue weighted by atomic mass is 32.1. The van der Waals surface area contributed by atoms with Crippen LogP contribution in [0.25, 0.3) is 11.0 Å². The standard InChI is InChI=1S/C24H26N2OS/c1-17(2)20-11-10-18(3)15-23(20)27-13-12-26-22-9-5-4-8-21(22)25-24(26)16-19-7-6-14-28-19/h4-11,14-15,17H,12-13,16H2,1-3H3. The van der Waals surface area contributed by atoms with E-state index in [1.165, 1.54) is 21.5 Å². The summed E-state index contributed by atoms with van der Waals surface area (Å²) < 4.78 is 8.55. The summed E-state index contributed by atoms with van der Waals surface area (Å²) in [4.78, 5) is 6.22. The molecule has 0 spiro atoms. The van der Waals surface area contributed by atoms with Crippen LogP contribution in [0.2, 0.25) is 0 Å². The van der Waals surface area contributed by atoms with E-state index in [4.69, 9.17) is 9.72 Å². The SMILES string of the molecule is Cc1ccc(C(C)C)c(OCCn2c(Cc3cccs3)nc3ccccc32)c1. The lowest BCUT2D eigenvalue weighted by molar-refractivity contribution is 0.294. The second-order valence-electron chi connectivity index (χ2n) is 7.47. The number of nitrogens with zero attached hydrogens (tertiary/aromatic N) is 2. The van der Waals surface area contributed by atoms with E-state index in [-0.39, 0.29) is 0 Å². The van der Waals surface area contributed by atoms with Gasteiger partial charge in [-0.2, -0.15) is 0 Å². The fourth-order valence-electron chi connectivity index (χ4n) is 3.57. The van der Waals surface area contributed by atoms with E-state index in [9.17, 15) is 0 Å². The van der Waals surface area contributed by atoms with Crippen molar-refractivity contribution < 1.29 is 4.74 Å². The summed E-state index contributed by atoms with van der Waals surface area (Å²) >= 11 is 1.78. The maximum Gasteiger partial charge on any atom is 0.123 e. The zero-order valence-corrected chi connectivity index (χ0v) is 17.5. The molecule has 4 heteroatoms. The highest BCUT2D eigenvalue weighted by Gasteiger charge is 2.13. The van der Waals surface area contributed by atoms with Crippen LogP contribution in [0.5, 0.6) is 5.75 Å². The summed E-state index contributed by atoms with van der Waals surface area (Å²) in [5, 5.41) is 2.12. The molecule has 0 radical (unpaired) electrons. The zero-order chi connectivity index (χ0) is 19.5. The van der Waals surface area contributed by atoms with Crippen molar-refractivity contribution >= 4 is 22.4 Å². The van der Waals surface area contributed by atoms with E-state index < -0.39 is 0 Å². The van der Waals surface area contributed by atoms with E-state index in [0.717, 1.165) is 30.1 Å². The van der Waals surface area contributed by atoms with E-state index in [1.807, 2.05) is 6.07 Å². The number of rotatable bonds is 7. The number of imidazole rings is 1. The molecular weight excluding hydrogens is 364 g/mol. The van der Waals surface area contributed by atoms with Crippen LogP contribution < -0.4 is 4.74 Å².